The van der Waals surface area contributed by atoms with Crippen molar-refractivity contribution in [2.75, 3.05) is 51.6 Å². The molecule has 1 unspecified atom stereocenters. The van der Waals surface area contributed by atoms with Gasteiger partial charge in [-0.15, -0.1) is 0 Å². The van der Waals surface area contributed by atoms with Gasteiger partial charge in [-0.3, -0.25) is 4.90 Å². The van der Waals surface area contributed by atoms with E-state index in [-0.39, 0.29) is 0 Å². The lowest BCUT2D eigenvalue weighted by Gasteiger charge is -2.37. The number of aryl methyl sites for hydroxylation is 1. The average Bonchev–Trinajstić information content (AvgIpc) is 2.73. The molecule has 1 atom stereocenters. The molecule has 2 fully saturated rings. The van der Waals surface area contributed by atoms with Crippen molar-refractivity contribution in [3.63, 3.8) is 0 Å². The molecule has 6 heteroatoms. The first-order valence-corrected chi connectivity index (χ1v) is 10.7. The predicted octanol–water partition coefficient (Wildman–Crippen LogP) is 2.22. The zero-order chi connectivity index (χ0) is 19.5. The van der Waals surface area contributed by atoms with Gasteiger partial charge in [0.25, 0.3) is 0 Å². The quantitative estimate of drug-likeness (QED) is 0.833. The number of nitrogens with zero attached hydrogens (tertiary/aromatic N) is 4. The van der Waals surface area contributed by atoms with Crippen molar-refractivity contribution < 1.29 is 0 Å². The molecular formula is C22H34N6. The number of piperidine rings is 1. The maximum atomic E-state index is 4.92. The van der Waals surface area contributed by atoms with E-state index in [0.29, 0.717) is 12.1 Å². The highest BCUT2D eigenvalue weighted by Crippen LogP contribution is 2.26. The Kier molecular flexibility index (Phi) is 6.09. The lowest BCUT2D eigenvalue weighted by atomic mass is 10.00. The fraction of sp³-hybridized carbons (Fsp3) is 0.636. The van der Waals surface area contributed by atoms with E-state index in [1.807, 2.05) is 0 Å². The summed E-state index contributed by atoms with van der Waals surface area (Å²) in [4.78, 5) is 14.7. The van der Waals surface area contributed by atoms with E-state index in [1.54, 1.807) is 0 Å². The second-order valence-electron chi connectivity index (χ2n) is 8.44. The fourth-order valence-electron chi connectivity index (χ4n) is 4.26. The molecule has 28 heavy (non-hydrogen) atoms. The number of piperazine rings is 1. The average molecular weight is 383 g/mol. The van der Waals surface area contributed by atoms with Gasteiger partial charge in [0.15, 0.2) is 5.82 Å². The van der Waals surface area contributed by atoms with Crippen LogP contribution in [-0.2, 0) is 0 Å². The molecule has 0 spiro atoms. The first-order chi connectivity index (χ1) is 13.6. The third-order valence-electron chi connectivity index (χ3n) is 6.41. The van der Waals surface area contributed by atoms with Crippen LogP contribution in [0.25, 0.3) is 5.57 Å². The summed E-state index contributed by atoms with van der Waals surface area (Å²) in [7, 11) is 2.21. The molecule has 1 aromatic rings. The van der Waals surface area contributed by atoms with Gasteiger partial charge in [-0.25, -0.2) is 9.97 Å². The molecule has 3 aliphatic rings. The Morgan fingerprint density at radius 2 is 1.82 bits per heavy atom. The van der Waals surface area contributed by atoms with Gasteiger partial charge in [0.2, 0.25) is 0 Å². The molecule has 4 rings (SSSR count). The molecule has 3 heterocycles. The van der Waals surface area contributed by atoms with Crippen LogP contribution in [0.5, 0.6) is 0 Å². The SMILES string of the molecule is Cc1nc(C2=CCC(N3CCN(C)CC3)C=C2)nc(NC2CCNCC2)c1C. The van der Waals surface area contributed by atoms with Gasteiger partial charge in [0.1, 0.15) is 5.82 Å². The molecule has 0 saturated carbocycles. The maximum Gasteiger partial charge on any atom is 0.161 e. The second kappa shape index (κ2) is 8.72. The van der Waals surface area contributed by atoms with Gasteiger partial charge in [0, 0.05) is 55.1 Å². The zero-order valence-electron chi connectivity index (χ0n) is 17.5. The van der Waals surface area contributed by atoms with Crippen molar-refractivity contribution in [3.8, 4) is 0 Å². The normalized spacial score (nSPS) is 25.0. The van der Waals surface area contributed by atoms with E-state index in [9.17, 15) is 0 Å². The van der Waals surface area contributed by atoms with Gasteiger partial charge in [-0.2, -0.15) is 0 Å². The number of hydrogen-bond acceptors (Lipinski definition) is 6. The van der Waals surface area contributed by atoms with Crippen molar-refractivity contribution >= 4 is 11.4 Å². The highest BCUT2D eigenvalue weighted by atomic mass is 15.3. The second-order valence-corrected chi connectivity index (χ2v) is 8.44. The summed E-state index contributed by atoms with van der Waals surface area (Å²) in [5, 5.41) is 7.10. The van der Waals surface area contributed by atoms with Crippen LogP contribution in [-0.4, -0.2) is 78.2 Å². The summed E-state index contributed by atoms with van der Waals surface area (Å²) in [6.07, 6.45) is 10.2. The highest BCUT2D eigenvalue weighted by Gasteiger charge is 2.23. The summed E-state index contributed by atoms with van der Waals surface area (Å²) in [6.45, 7) is 11.0. The monoisotopic (exact) mass is 382 g/mol. The number of anilines is 1. The fourth-order valence-corrected chi connectivity index (χ4v) is 4.26. The van der Waals surface area contributed by atoms with E-state index in [1.165, 1.54) is 0 Å². The third kappa shape index (κ3) is 4.45. The molecule has 0 bridgehead atoms. The molecule has 0 amide bonds. The van der Waals surface area contributed by atoms with Crippen molar-refractivity contribution in [1.29, 1.82) is 0 Å². The number of nitrogens with one attached hydrogen (secondary N) is 2. The number of hydrogen-bond donors (Lipinski definition) is 2. The predicted molar refractivity (Wildman–Crippen MR) is 116 cm³/mol. The minimum Gasteiger partial charge on any atom is -0.367 e. The van der Waals surface area contributed by atoms with Crippen LogP contribution in [0.1, 0.15) is 36.3 Å². The molecule has 0 aromatic carbocycles. The Morgan fingerprint density at radius 1 is 1.07 bits per heavy atom. The van der Waals surface area contributed by atoms with E-state index in [2.05, 4.69) is 59.6 Å². The Balaban J connectivity index is 1.46. The largest absolute Gasteiger partial charge is 0.367 e. The van der Waals surface area contributed by atoms with Gasteiger partial charge < -0.3 is 15.5 Å². The first kappa shape index (κ1) is 19.6. The third-order valence-corrected chi connectivity index (χ3v) is 6.41. The van der Waals surface area contributed by atoms with Crippen LogP contribution in [0, 0.1) is 13.8 Å². The van der Waals surface area contributed by atoms with Gasteiger partial charge >= 0.3 is 0 Å². The zero-order valence-corrected chi connectivity index (χ0v) is 17.5. The summed E-state index contributed by atoms with van der Waals surface area (Å²) >= 11 is 0. The Hall–Kier alpha value is -1.76. The Bertz CT molecular complexity index is 742. The molecule has 2 N–H and O–H groups in total. The molecule has 2 saturated heterocycles. The molecule has 1 aliphatic carbocycles. The van der Waals surface area contributed by atoms with Crippen molar-refractivity contribution in [1.82, 2.24) is 25.1 Å². The minimum atomic E-state index is 0.500. The number of likely N-dealkylation sites (N-methyl/N-ethyl adjacent to an activating group) is 1. The van der Waals surface area contributed by atoms with Gasteiger partial charge in [-0.1, -0.05) is 18.2 Å². The van der Waals surface area contributed by atoms with Crippen molar-refractivity contribution in [3.05, 3.63) is 35.3 Å². The maximum absolute atomic E-state index is 4.92. The molecule has 1 aromatic heterocycles. The minimum absolute atomic E-state index is 0.500. The van der Waals surface area contributed by atoms with Crippen LogP contribution < -0.4 is 10.6 Å². The van der Waals surface area contributed by atoms with E-state index in [4.69, 9.17) is 9.97 Å². The van der Waals surface area contributed by atoms with E-state index < -0.39 is 0 Å². The van der Waals surface area contributed by atoms with Crippen molar-refractivity contribution in [2.45, 2.75) is 45.2 Å². The summed E-state index contributed by atoms with van der Waals surface area (Å²) in [5.74, 6) is 1.86. The number of aromatic nitrogens is 2. The molecular weight excluding hydrogens is 348 g/mol. The molecule has 152 valence electrons. The topological polar surface area (TPSA) is 56.3 Å². The van der Waals surface area contributed by atoms with Crippen LogP contribution in [0.3, 0.4) is 0 Å². The summed E-state index contributed by atoms with van der Waals surface area (Å²) in [6, 6.07) is 1.01. The van der Waals surface area contributed by atoms with E-state index in [0.717, 1.165) is 87.0 Å². The Labute approximate surface area is 169 Å². The standard InChI is InChI=1S/C22H34N6/c1-16-17(2)24-22(26-21(16)25-19-8-10-23-11-9-19)18-4-6-20(7-5-18)28-14-12-27(3)13-15-28/h4-6,19-20,23H,7-15H2,1-3H3,(H,24,25,26). The summed E-state index contributed by atoms with van der Waals surface area (Å²) in [5.41, 5.74) is 3.39. The van der Waals surface area contributed by atoms with Gasteiger partial charge in [-0.05, 0) is 53.2 Å². The molecule has 0 radical (unpaired) electrons. The lowest BCUT2D eigenvalue weighted by molar-refractivity contribution is 0.130. The van der Waals surface area contributed by atoms with E-state index >= 15 is 0 Å². The molecule has 2 aliphatic heterocycles. The van der Waals surface area contributed by atoms with Crippen LogP contribution in [0.15, 0.2) is 18.2 Å². The molecule has 6 nitrogen and oxygen atoms in total. The van der Waals surface area contributed by atoms with Crippen LogP contribution >= 0.6 is 0 Å². The van der Waals surface area contributed by atoms with Gasteiger partial charge in [0.05, 0.1) is 0 Å². The lowest BCUT2D eigenvalue weighted by Crippen LogP contribution is -2.48. The first-order valence-electron chi connectivity index (χ1n) is 10.7. The number of rotatable bonds is 4. The summed E-state index contributed by atoms with van der Waals surface area (Å²) < 4.78 is 0. The van der Waals surface area contributed by atoms with Crippen LogP contribution in [0.4, 0.5) is 5.82 Å². The number of allylic oxidation sites excluding steroid dienone is 2. The van der Waals surface area contributed by atoms with Crippen LogP contribution in [0.2, 0.25) is 0 Å². The van der Waals surface area contributed by atoms with Crippen molar-refractivity contribution in [2.24, 2.45) is 0 Å². The Morgan fingerprint density at radius 3 is 2.50 bits per heavy atom. The smallest absolute Gasteiger partial charge is 0.161 e. The highest BCUT2D eigenvalue weighted by molar-refractivity contribution is 5.72.